The minimum absolute atomic E-state index is 0.0125. The molecule has 0 radical (unpaired) electrons. The predicted octanol–water partition coefficient (Wildman–Crippen LogP) is 4.07. The summed E-state index contributed by atoms with van der Waals surface area (Å²) < 4.78 is 78.2. The van der Waals surface area contributed by atoms with Crippen LogP contribution in [0.15, 0.2) is 23.1 Å². The fourth-order valence-electron chi connectivity index (χ4n) is 3.22. The van der Waals surface area contributed by atoms with Crippen LogP contribution in [0.2, 0.25) is 5.02 Å². The van der Waals surface area contributed by atoms with Crippen LogP contribution in [0.25, 0.3) is 0 Å². The van der Waals surface area contributed by atoms with Crippen molar-refractivity contribution in [1.82, 2.24) is 9.21 Å². The minimum atomic E-state index is -4.49. The molecule has 0 spiro atoms. The van der Waals surface area contributed by atoms with E-state index in [0.717, 1.165) is 27.4 Å². The van der Waals surface area contributed by atoms with Crippen molar-refractivity contribution >= 4 is 27.5 Å². The molecule has 1 aromatic rings. The van der Waals surface area contributed by atoms with E-state index in [1.165, 1.54) is 0 Å². The first-order chi connectivity index (χ1) is 13.5. The Labute approximate surface area is 172 Å². The Balaban J connectivity index is 2.06. The van der Waals surface area contributed by atoms with Crippen LogP contribution in [0.5, 0.6) is 0 Å². The minimum Gasteiger partial charge on any atom is -0.333 e. The molecule has 1 fully saturated rings. The Kier molecular flexibility index (Phi) is 7.92. The molecule has 0 aliphatic carbocycles. The fraction of sp³-hybridized carbons (Fsp3) is 0.611. The summed E-state index contributed by atoms with van der Waals surface area (Å²) in [7, 11) is -3.94. The molecule has 11 heteroatoms. The van der Waals surface area contributed by atoms with Crippen molar-refractivity contribution in [3.05, 3.63) is 29.0 Å². The van der Waals surface area contributed by atoms with Gasteiger partial charge in [0, 0.05) is 25.6 Å². The molecule has 0 N–H and O–H groups in total. The number of benzene rings is 1. The number of halogens is 5. The quantitative estimate of drug-likeness (QED) is 0.579. The first kappa shape index (κ1) is 23.9. The van der Waals surface area contributed by atoms with Gasteiger partial charge in [0.05, 0.1) is 9.92 Å². The van der Waals surface area contributed by atoms with Crippen molar-refractivity contribution in [3.63, 3.8) is 0 Å². The summed E-state index contributed by atoms with van der Waals surface area (Å²) in [6, 6.07) is 3.07. The zero-order valence-corrected chi connectivity index (χ0v) is 17.5. The lowest BCUT2D eigenvalue weighted by Gasteiger charge is -2.34. The first-order valence-electron chi connectivity index (χ1n) is 9.26. The Morgan fingerprint density at radius 3 is 2.41 bits per heavy atom. The van der Waals surface area contributed by atoms with Gasteiger partial charge in [0.25, 0.3) is 0 Å². The largest absolute Gasteiger partial charge is 0.406 e. The van der Waals surface area contributed by atoms with Crippen LogP contribution in [0.3, 0.4) is 0 Å². The van der Waals surface area contributed by atoms with Crippen molar-refractivity contribution in [2.45, 2.75) is 43.7 Å². The van der Waals surface area contributed by atoms with Gasteiger partial charge in [0.15, 0.2) is 0 Å². The molecule has 2 rings (SSSR count). The van der Waals surface area contributed by atoms with Gasteiger partial charge in [-0.1, -0.05) is 24.9 Å². The van der Waals surface area contributed by atoms with Gasteiger partial charge in [-0.25, -0.2) is 12.8 Å². The highest BCUT2D eigenvalue weighted by Gasteiger charge is 2.38. The molecule has 1 saturated heterocycles. The number of piperidine rings is 1. The highest BCUT2D eigenvalue weighted by Crippen LogP contribution is 2.28. The number of hydrogen-bond acceptors (Lipinski definition) is 3. The number of carbonyl (C=O) groups is 1. The second-order valence-corrected chi connectivity index (χ2v) is 9.33. The van der Waals surface area contributed by atoms with Crippen LogP contribution in [0, 0.1) is 11.7 Å². The second kappa shape index (κ2) is 9.61. The summed E-state index contributed by atoms with van der Waals surface area (Å²) in [4.78, 5) is 13.2. The smallest absolute Gasteiger partial charge is 0.333 e. The molecule has 0 saturated carbocycles. The average Bonchev–Trinajstić information content (AvgIpc) is 2.65. The number of hydrogen-bond donors (Lipinski definition) is 0. The molecule has 29 heavy (non-hydrogen) atoms. The predicted molar refractivity (Wildman–Crippen MR) is 100 cm³/mol. The van der Waals surface area contributed by atoms with Crippen LogP contribution in [-0.2, 0) is 14.8 Å². The highest BCUT2D eigenvalue weighted by molar-refractivity contribution is 7.89. The average molecular weight is 459 g/mol. The topological polar surface area (TPSA) is 57.7 Å². The molecule has 1 aliphatic rings. The van der Waals surface area contributed by atoms with Gasteiger partial charge in [-0.05, 0) is 37.5 Å². The van der Waals surface area contributed by atoms with E-state index in [2.05, 4.69) is 0 Å². The van der Waals surface area contributed by atoms with E-state index in [1.807, 2.05) is 6.92 Å². The molecule has 1 heterocycles. The maximum atomic E-state index is 13.3. The zero-order valence-electron chi connectivity index (χ0n) is 15.9. The Morgan fingerprint density at radius 2 is 1.90 bits per heavy atom. The molecule has 164 valence electrons. The SMILES string of the molecule is CCCCN(CC(F)(F)F)C(=O)C1CCN(S(=O)(=O)c2ccc(F)c(Cl)c2)CC1. The number of rotatable bonds is 7. The molecule has 1 amide bonds. The highest BCUT2D eigenvalue weighted by atomic mass is 35.5. The van der Waals surface area contributed by atoms with E-state index < -0.39 is 40.4 Å². The lowest BCUT2D eigenvalue weighted by Crippen LogP contribution is -2.47. The monoisotopic (exact) mass is 458 g/mol. The van der Waals surface area contributed by atoms with Gasteiger partial charge in [0.2, 0.25) is 15.9 Å². The number of carbonyl (C=O) groups excluding carboxylic acids is 1. The van der Waals surface area contributed by atoms with E-state index in [1.54, 1.807) is 0 Å². The molecular weight excluding hydrogens is 436 g/mol. The normalized spacial score (nSPS) is 16.8. The van der Waals surface area contributed by atoms with E-state index in [4.69, 9.17) is 11.6 Å². The van der Waals surface area contributed by atoms with Crippen LogP contribution in [0.4, 0.5) is 17.6 Å². The molecule has 0 unspecified atom stereocenters. The summed E-state index contributed by atoms with van der Waals surface area (Å²) in [6.07, 6.45) is -3.14. The van der Waals surface area contributed by atoms with Crippen molar-refractivity contribution in [2.24, 2.45) is 5.92 Å². The van der Waals surface area contributed by atoms with Crippen LogP contribution < -0.4 is 0 Å². The van der Waals surface area contributed by atoms with Crippen molar-refractivity contribution < 1.29 is 30.8 Å². The Bertz CT molecular complexity index is 825. The summed E-state index contributed by atoms with van der Waals surface area (Å²) in [6.45, 7) is 0.504. The molecule has 1 aliphatic heterocycles. The molecule has 5 nitrogen and oxygen atoms in total. The molecule has 1 aromatic carbocycles. The number of unbranched alkanes of at least 4 members (excludes halogenated alkanes) is 1. The van der Waals surface area contributed by atoms with E-state index in [0.29, 0.717) is 12.8 Å². The standard InChI is InChI=1S/C18H23ClF4N2O3S/c1-2-3-8-24(12-18(21,22)23)17(26)13-6-9-25(10-7-13)29(27,28)14-4-5-16(20)15(19)11-14/h4-5,11,13H,2-3,6-10,12H2,1H3. The molecule has 0 atom stereocenters. The first-order valence-corrected chi connectivity index (χ1v) is 11.1. The summed E-state index contributed by atoms with van der Waals surface area (Å²) in [5.74, 6) is -2.01. The van der Waals surface area contributed by atoms with Gasteiger partial charge in [-0.2, -0.15) is 17.5 Å². The van der Waals surface area contributed by atoms with Crippen LogP contribution in [-0.4, -0.2) is 55.9 Å². The third kappa shape index (κ3) is 6.29. The Hall–Kier alpha value is -1.39. The van der Waals surface area contributed by atoms with Crippen LogP contribution in [0.1, 0.15) is 32.6 Å². The Morgan fingerprint density at radius 1 is 1.28 bits per heavy atom. The number of alkyl halides is 3. The molecular formula is C18H23ClF4N2O3S. The zero-order chi connectivity index (χ0) is 21.8. The van der Waals surface area contributed by atoms with Gasteiger partial charge < -0.3 is 4.90 Å². The van der Waals surface area contributed by atoms with E-state index in [-0.39, 0.29) is 42.4 Å². The lowest BCUT2D eigenvalue weighted by molar-refractivity contribution is -0.164. The van der Waals surface area contributed by atoms with Crippen molar-refractivity contribution in [3.8, 4) is 0 Å². The summed E-state index contributed by atoms with van der Waals surface area (Å²) >= 11 is 5.65. The van der Waals surface area contributed by atoms with Crippen molar-refractivity contribution in [1.29, 1.82) is 0 Å². The maximum Gasteiger partial charge on any atom is 0.406 e. The number of nitrogens with zero attached hydrogens (tertiary/aromatic N) is 2. The van der Waals surface area contributed by atoms with Gasteiger partial charge >= 0.3 is 6.18 Å². The van der Waals surface area contributed by atoms with Crippen LogP contribution >= 0.6 is 11.6 Å². The summed E-state index contributed by atoms with van der Waals surface area (Å²) in [5, 5.41) is -0.324. The van der Waals surface area contributed by atoms with E-state index in [9.17, 15) is 30.8 Å². The van der Waals surface area contributed by atoms with Gasteiger partial charge in [-0.15, -0.1) is 0 Å². The third-order valence-electron chi connectivity index (χ3n) is 4.80. The maximum absolute atomic E-state index is 13.3. The number of sulfonamides is 1. The van der Waals surface area contributed by atoms with Crippen molar-refractivity contribution in [2.75, 3.05) is 26.2 Å². The molecule has 0 aromatic heterocycles. The third-order valence-corrected chi connectivity index (χ3v) is 6.98. The lowest BCUT2D eigenvalue weighted by atomic mass is 9.96. The summed E-state index contributed by atoms with van der Waals surface area (Å²) in [5.41, 5.74) is 0. The van der Waals surface area contributed by atoms with Gasteiger partial charge in [-0.3, -0.25) is 4.79 Å². The van der Waals surface area contributed by atoms with Gasteiger partial charge in [0.1, 0.15) is 12.4 Å². The fourth-order valence-corrected chi connectivity index (χ4v) is 4.96. The molecule has 0 bridgehead atoms. The number of amides is 1. The second-order valence-electron chi connectivity index (χ2n) is 6.98. The van der Waals surface area contributed by atoms with E-state index >= 15 is 0 Å².